The number of hydrogen-bond donors (Lipinski definition) is 1. The summed E-state index contributed by atoms with van der Waals surface area (Å²) in [4.78, 5) is 23.9. The Bertz CT molecular complexity index is 1210. The maximum absolute atomic E-state index is 13.2. The molecule has 1 saturated heterocycles. The van der Waals surface area contributed by atoms with Crippen LogP contribution >= 0.6 is 11.6 Å². The second-order valence-electron chi connectivity index (χ2n) is 10.6. The fraction of sp³-hybridized carbons (Fsp3) is 0.393. The molecule has 3 heterocycles. The minimum Gasteiger partial charge on any atom is -0.388 e. The van der Waals surface area contributed by atoms with Gasteiger partial charge in [0.05, 0.1) is 11.6 Å². The van der Waals surface area contributed by atoms with Crippen LogP contribution in [0.3, 0.4) is 0 Å². The zero-order valence-electron chi connectivity index (χ0n) is 20.5. The Kier molecular flexibility index (Phi) is 6.54. The molecule has 5 nitrogen and oxygen atoms in total. The molecule has 3 aromatic rings. The van der Waals surface area contributed by atoms with E-state index in [-0.39, 0.29) is 17.4 Å². The number of nitrogens with zero attached hydrogens (tertiary/aromatic N) is 3. The Morgan fingerprint density at radius 1 is 1.03 bits per heavy atom. The van der Waals surface area contributed by atoms with Crippen molar-refractivity contribution >= 4 is 17.5 Å². The highest BCUT2D eigenvalue weighted by atomic mass is 35.5. The molecule has 1 aliphatic rings. The first kappa shape index (κ1) is 24.4. The molecule has 178 valence electrons. The van der Waals surface area contributed by atoms with Gasteiger partial charge in [-0.3, -0.25) is 14.8 Å². The van der Waals surface area contributed by atoms with Crippen LogP contribution in [0.1, 0.15) is 63.5 Å². The van der Waals surface area contributed by atoms with Crippen molar-refractivity contribution in [3.63, 3.8) is 0 Å². The molecule has 4 rings (SSSR count). The van der Waals surface area contributed by atoms with E-state index in [0.717, 1.165) is 40.8 Å². The lowest BCUT2D eigenvalue weighted by molar-refractivity contribution is 0.000337. The second kappa shape index (κ2) is 9.12. The third-order valence-electron chi connectivity index (χ3n) is 6.46. The SMILES string of the molecule is CC(C)(C)c1cc(-c2cncc(-c3ccc(C(=O)N4CCC[C@@H]4C(C)(C)O)cc3Cl)c2)ccn1. The van der Waals surface area contributed by atoms with Gasteiger partial charge in [-0.15, -0.1) is 0 Å². The molecule has 34 heavy (non-hydrogen) atoms. The molecule has 0 aliphatic carbocycles. The van der Waals surface area contributed by atoms with Gasteiger partial charge in [0.25, 0.3) is 5.91 Å². The number of likely N-dealkylation sites (tertiary alicyclic amines) is 1. The molecule has 0 saturated carbocycles. The number of halogens is 1. The van der Waals surface area contributed by atoms with Gasteiger partial charge in [-0.1, -0.05) is 38.4 Å². The average molecular weight is 478 g/mol. The normalized spacial score (nSPS) is 16.7. The molecule has 1 amide bonds. The van der Waals surface area contributed by atoms with Crippen LogP contribution in [0.5, 0.6) is 0 Å². The number of amides is 1. The molecular weight excluding hydrogens is 446 g/mol. The Labute approximate surface area is 206 Å². The van der Waals surface area contributed by atoms with Crippen molar-refractivity contribution < 1.29 is 9.90 Å². The first-order valence-electron chi connectivity index (χ1n) is 11.7. The predicted octanol–water partition coefficient (Wildman–Crippen LogP) is 6.14. The van der Waals surface area contributed by atoms with E-state index in [1.165, 1.54) is 0 Å². The van der Waals surface area contributed by atoms with Gasteiger partial charge in [-0.25, -0.2) is 0 Å². The van der Waals surface area contributed by atoms with Gasteiger partial charge in [0.1, 0.15) is 0 Å². The highest BCUT2D eigenvalue weighted by molar-refractivity contribution is 6.33. The summed E-state index contributed by atoms with van der Waals surface area (Å²) in [5.41, 5.74) is 4.27. The topological polar surface area (TPSA) is 66.3 Å². The Morgan fingerprint density at radius 3 is 2.44 bits per heavy atom. The lowest BCUT2D eigenvalue weighted by Gasteiger charge is -2.34. The third kappa shape index (κ3) is 5.01. The van der Waals surface area contributed by atoms with E-state index in [0.29, 0.717) is 17.1 Å². The number of pyridine rings is 2. The summed E-state index contributed by atoms with van der Waals surface area (Å²) in [6.07, 6.45) is 7.13. The first-order valence-corrected chi connectivity index (χ1v) is 12.1. The van der Waals surface area contributed by atoms with Crippen molar-refractivity contribution in [2.24, 2.45) is 0 Å². The molecule has 0 bridgehead atoms. The van der Waals surface area contributed by atoms with Crippen LogP contribution in [0.2, 0.25) is 5.02 Å². The molecular formula is C28H32ClN3O2. The van der Waals surface area contributed by atoms with E-state index >= 15 is 0 Å². The van der Waals surface area contributed by atoms with Gasteiger partial charge in [0.15, 0.2) is 0 Å². The van der Waals surface area contributed by atoms with E-state index in [1.807, 2.05) is 24.5 Å². The molecule has 0 spiro atoms. The lowest BCUT2D eigenvalue weighted by atomic mass is 9.90. The maximum Gasteiger partial charge on any atom is 0.254 e. The lowest BCUT2D eigenvalue weighted by Crippen LogP contribution is -2.48. The van der Waals surface area contributed by atoms with Gasteiger partial charge in [-0.05, 0) is 62.6 Å². The van der Waals surface area contributed by atoms with Gasteiger partial charge in [-0.2, -0.15) is 0 Å². The van der Waals surface area contributed by atoms with Crippen molar-refractivity contribution in [1.82, 2.24) is 14.9 Å². The number of benzene rings is 1. The summed E-state index contributed by atoms with van der Waals surface area (Å²) in [7, 11) is 0. The quantitative estimate of drug-likeness (QED) is 0.490. The van der Waals surface area contributed by atoms with Crippen molar-refractivity contribution in [3.05, 3.63) is 71.3 Å². The Morgan fingerprint density at radius 2 is 1.76 bits per heavy atom. The predicted molar refractivity (Wildman–Crippen MR) is 137 cm³/mol. The van der Waals surface area contributed by atoms with Gasteiger partial charge in [0.2, 0.25) is 0 Å². The van der Waals surface area contributed by atoms with Crippen LogP contribution in [0.4, 0.5) is 0 Å². The fourth-order valence-corrected chi connectivity index (χ4v) is 4.85. The molecule has 6 heteroatoms. The summed E-state index contributed by atoms with van der Waals surface area (Å²) in [6, 6.07) is 11.3. The number of rotatable bonds is 4. The molecule has 2 aromatic heterocycles. The second-order valence-corrected chi connectivity index (χ2v) is 11.1. The van der Waals surface area contributed by atoms with Crippen LogP contribution in [0.25, 0.3) is 22.3 Å². The number of aliphatic hydroxyl groups is 1. The van der Waals surface area contributed by atoms with Crippen molar-refractivity contribution in [3.8, 4) is 22.3 Å². The van der Waals surface area contributed by atoms with Crippen LogP contribution in [-0.4, -0.2) is 44.1 Å². The van der Waals surface area contributed by atoms with E-state index in [9.17, 15) is 9.90 Å². The minimum absolute atomic E-state index is 0.0493. The average Bonchev–Trinajstić information content (AvgIpc) is 3.29. The number of hydrogen-bond acceptors (Lipinski definition) is 4. The van der Waals surface area contributed by atoms with Gasteiger partial charge in [0, 0.05) is 63.5 Å². The first-order chi connectivity index (χ1) is 15.9. The largest absolute Gasteiger partial charge is 0.388 e. The maximum atomic E-state index is 13.2. The monoisotopic (exact) mass is 477 g/mol. The number of carbonyl (C=O) groups is 1. The molecule has 0 radical (unpaired) electrons. The van der Waals surface area contributed by atoms with Crippen LogP contribution in [-0.2, 0) is 5.41 Å². The Balaban J connectivity index is 1.63. The highest BCUT2D eigenvalue weighted by Gasteiger charge is 2.38. The summed E-state index contributed by atoms with van der Waals surface area (Å²) < 4.78 is 0. The number of carbonyl (C=O) groups excluding carboxylic acids is 1. The zero-order valence-corrected chi connectivity index (χ0v) is 21.2. The van der Waals surface area contributed by atoms with E-state index in [1.54, 1.807) is 37.1 Å². The van der Waals surface area contributed by atoms with Crippen molar-refractivity contribution in [1.29, 1.82) is 0 Å². The summed E-state index contributed by atoms with van der Waals surface area (Å²) in [5.74, 6) is -0.101. The number of aromatic nitrogens is 2. The smallest absolute Gasteiger partial charge is 0.254 e. The molecule has 1 aromatic carbocycles. The van der Waals surface area contributed by atoms with Gasteiger partial charge >= 0.3 is 0 Å². The summed E-state index contributed by atoms with van der Waals surface area (Å²) in [5, 5.41) is 11.0. The molecule has 0 unspecified atom stereocenters. The Hall–Kier alpha value is -2.76. The molecule has 1 atom stereocenters. The van der Waals surface area contributed by atoms with Gasteiger partial charge < -0.3 is 10.0 Å². The zero-order chi connectivity index (χ0) is 24.7. The van der Waals surface area contributed by atoms with Crippen LogP contribution in [0.15, 0.2) is 55.0 Å². The van der Waals surface area contributed by atoms with Crippen molar-refractivity contribution in [2.75, 3.05) is 6.54 Å². The fourth-order valence-electron chi connectivity index (χ4n) is 4.56. The highest BCUT2D eigenvalue weighted by Crippen LogP contribution is 2.34. The molecule has 1 aliphatic heterocycles. The van der Waals surface area contributed by atoms with Crippen LogP contribution in [0, 0.1) is 0 Å². The summed E-state index contributed by atoms with van der Waals surface area (Å²) in [6.45, 7) is 10.6. The minimum atomic E-state index is -0.943. The standard InChI is InChI=1S/C28H32ClN3O2/c1-27(2,3)24-15-18(10-11-31-24)20-13-21(17-30-16-20)22-9-8-19(14-23(22)29)26(33)32-12-6-7-25(32)28(4,5)34/h8-11,13-17,25,34H,6-7,12H2,1-5H3/t25-/m1/s1. The van der Waals surface area contributed by atoms with Crippen LogP contribution < -0.4 is 0 Å². The third-order valence-corrected chi connectivity index (χ3v) is 6.77. The molecule has 1 N–H and O–H groups in total. The summed E-state index contributed by atoms with van der Waals surface area (Å²) >= 11 is 6.67. The van der Waals surface area contributed by atoms with E-state index < -0.39 is 5.60 Å². The van der Waals surface area contributed by atoms with E-state index in [4.69, 9.17) is 11.6 Å². The van der Waals surface area contributed by atoms with E-state index in [2.05, 4.69) is 42.9 Å². The molecule has 1 fully saturated rings. The van der Waals surface area contributed by atoms with Crippen molar-refractivity contribution in [2.45, 2.75) is 64.5 Å².